The minimum absolute atomic E-state index is 0.0610. The summed E-state index contributed by atoms with van der Waals surface area (Å²) in [6, 6.07) is 8.65. The summed E-state index contributed by atoms with van der Waals surface area (Å²) >= 11 is 0. The maximum atomic E-state index is 13.4. The standard InChI is InChI=1S/C23H28N2O5/c1-4-6-14-30-19-11-8-7-10-17(19)21(26)20-16(3)18(15-24)22(27)25(23(20)28)12-9-13-29-5-2/h7-8,10-11,28H,4-6,9,12-14H2,1-3H3. The van der Waals surface area contributed by atoms with Gasteiger partial charge in [0.2, 0.25) is 11.7 Å². The Balaban J connectivity index is 2.52. The van der Waals surface area contributed by atoms with E-state index in [4.69, 9.17) is 9.47 Å². The highest BCUT2D eigenvalue weighted by Gasteiger charge is 2.26. The third kappa shape index (κ3) is 5.08. The van der Waals surface area contributed by atoms with Gasteiger partial charge in [-0.1, -0.05) is 25.5 Å². The summed E-state index contributed by atoms with van der Waals surface area (Å²) in [6.07, 6.45) is 2.25. The molecule has 0 bridgehead atoms. The first-order valence-corrected chi connectivity index (χ1v) is 10.2. The Morgan fingerprint density at radius 3 is 2.60 bits per heavy atom. The van der Waals surface area contributed by atoms with Crippen LogP contribution in [0.3, 0.4) is 0 Å². The Bertz CT molecular complexity index is 988. The van der Waals surface area contributed by atoms with E-state index in [1.54, 1.807) is 24.3 Å². The van der Waals surface area contributed by atoms with E-state index in [2.05, 4.69) is 0 Å². The molecular weight excluding hydrogens is 384 g/mol. The summed E-state index contributed by atoms with van der Waals surface area (Å²) in [6.45, 7) is 6.94. The summed E-state index contributed by atoms with van der Waals surface area (Å²) < 4.78 is 12.1. The number of benzene rings is 1. The second-order valence-electron chi connectivity index (χ2n) is 6.84. The van der Waals surface area contributed by atoms with Gasteiger partial charge in [0.25, 0.3) is 5.56 Å². The molecule has 0 aliphatic carbocycles. The van der Waals surface area contributed by atoms with Crippen molar-refractivity contribution in [1.82, 2.24) is 4.57 Å². The van der Waals surface area contributed by atoms with Crippen molar-refractivity contribution in [3.63, 3.8) is 0 Å². The predicted octanol–water partition coefficient (Wildman–Crippen LogP) is 3.57. The molecule has 0 atom stereocenters. The van der Waals surface area contributed by atoms with Gasteiger partial charge in [-0.2, -0.15) is 5.26 Å². The molecule has 0 spiro atoms. The van der Waals surface area contributed by atoms with Crippen LogP contribution in [0.2, 0.25) is 0 Å². The first-order chi connectivity index (χ1) is 14.5. The molecule has 30 heavy (non-hydrogen) atoms. The highest BCUT2D eigenvalue weighted by Crippen LogP contribution is 2.29. The van der Waals surface area contributed by atoms with E-state index in [1.807, 2.05) is 19.9 Å². The molecule has 2 aromatic rings. The van der Waals surface area contributed by atoms with Crippen LogP contribution in [-0.2, 0) is 11.3 Å². The van der Waals surface area contributed by atoms with Crippen molar-refractivity contribution in [2.75, 3.05) is 19.8 Å². The zero-order valence-corrected chi connectivity index (χ0v) is 17.7. The molecule has 0 unspecified atom stereocenters. The summed E-state index contributed by atoms with van der Waals surface area (Å²) in [4.78, 5) is 26.0. The molecule has 0 saturated heterocycles. The van der Waals surface area contributed by atoms with Crippen molar-refractivity contribution in [3.05, 3.63) is 56.9 Å². The molecule has 0 amide bonds. The van der Waals surface area contributed by atoms with Crippen LogP contribution in [0.25, 0.3) is 0 Å². The molecular formula is C23H28N2O5. The van der Waals surface area contributed by atoms with Crippen LogP contribution in [0.15, 0.2) is 29.1 Å². The molecule has 0 radical (unpaired) electrons. The summed E-state index contributed by atoms with van der Waals surface area (Å²) in [5, 5.41) is 20.3. The smallest absolute Gasteiger partial charge is 0.271 e. The maximum Gasteiger partial charge on any atom is 0.271 e. The van der Waals surface area contributed by atoms with Gasteiger partial charge in [-0.15, -0.1) is 0 Å². The average Bonchev–Trinajstić information content (AvgIpc) is 2.74. The zero-order chi connectivity index (χ0) is 22.1. The van der Waals surface area contributed by atoms with Gasteiger partial charge in [-0.3, -0.25) is 14.2 Å². The Morgan fingerprint density at radius 1 is 1.20 bits per heavy atom. The third-order valence-electron chi connectivity index (χ3n) is 4.79. The normalized spacial score (nSPS) is 10.6. The minimum atomic E-state index is -0.618. The first-order valence-electron chi connectivity index (χ1n) is 10.2. The summed E-state index contributed by atoms with van der Waals surface area (Å²) in [5.74, 6) is -0.532. The maximum absolute atomic E-state index is 13.4. The molecule has 1 aromatic carbocycles. The van der Waals surface area contributed by atoms with Crippen LogP contribution in [0.1, 0.15) is 60.2 Å². The zero-order valence-electron chi connectivity index (χ0n) is 17.7. The van der Waals surface area contributed by atoms with Crippen molar-refractivity contribution in [3.8, 4) is 17.7 Å². The van der Waals surface area contributed by atoms with E-state index in [0.717, 1.165) is 17.4 Å². The van der Waals surface area contributed by atoms with E-state index in [9.17, 15) is 20.0 Å². The Morgan fingerprint density at radius 2 is 1.93 bits per heavy atom. The number of hydrogen-bond acceptors (Lipinski definition) is 6. The Kier molecular flexibility index (Phi) is 8.63. The number of carbonyl (C=O) groups excluding carboxylic acids is 1. The summed E-state index contributed by atoms with van der Waals surface area (Å²) in [5.41, 5.74) is -0.399. The number of carbonyl (C=O) groups is 1. The van der Waals surface area contributed by atoms with Gasteiger partial charge in [0.15, 0.2) is 0 Å². The van der Waals surface area contributed by atoms with E-state index >= 15 is 0 Å². The highest BCUT2D eigenvalue weighted by atomic mass is 16.5. The number of ketones is 1. The van der Waals surface area contributed by atoms with Crippen LogP contribution in [0.5, 0.6) is 11.6 Å². The van der Waals surface area contributed by atoms with Gasteiger partial charge >= 0.3 is 0 Å². The van der Waals surface area contributed by atoms with Crippen molar-refractivity contribution < 1.29 is 19.4 Å². The van der Waals surface area contributed by atoms with Crippen LogP contribution >= 0.6 is 0 Å². The lowest BCUT2D eigenvalue weighted by atomic mass is 9.96. The molecule has 0 fully saturated rings. The SMILES string of the molecule is CCCCOc1ccccc1C(=O)c1c(C)c(C#N)c(=O)n(CCCOCC)c1O. The lowest BCUT2D eigenvalue weighted by molar-refractivity contribution is 0.103. The summed E-state index contributed by atoms with van der Waals surface area (Å²) in [7, 11) is 0. The van der Waals surface area contributed by atoms with Crippen LogP contribution < -0.4 is 10.3 Å². The third-order valence-corrected chi connectivity index (χ3v) is 4.79. The van der Waals surface area contributed by atoms with Gasteiger partial charge in [-0.05, 0) is 44.4 Å². The van der Waals surface area contributed by atoms with Gasteiger partial charge in [0, 0.05) is 19.8 Å². The molecule has 0 aliphatic rings. The number of nitrogens with zero attached hydrogens (tertiary/aromatic N) is 2. The molecule has 2 rings (SSSR count). The fourth-order valence-electron chi connectivity index (χ4n) is 3.14. The van der Waals surface area contributed by atoms with Crippen molar-refractivity contribution in [2.24, 2.45) is 0 Å². The number of rotatable bonds is 11. The topological polar surface area (TPSA) is 102 Å². The van der Waals surface area contributed by atoms with Gasteiger partial charge in [-0.25, -0.2) is 0 Å². The molecule has 0 saturated carbocycles. The van der Waals surface area contributed by atoms with Gasteiger partial charge in [0.1, 0.15) is 17.4 Å². The lowest BCUT2D eigenvalue weighted by Gasteiger charge is -2.17. The van der Waals surface area contributed by atoms with Gasteiger partial charge in [0.05, 0.1) is 17.7 Å². The van der Waals surface area contributed by atoms with Crippen LogP contribution in [-0.4, -0.2) is 35.3 Å². The van der Waals surface area contributed by atoms with E-state index < -0.39 is 17.2 Å². The Hall–Kier alpha value is -3.11. The quantitative estimate of drug-likeness (QED) is 0.447. The monoisotopic (exact) mass is 412 g/mol. The largest absolute Gasteiger partial charge is 0.494 e. The molecule has 160 valence electrons. The average molecular weight is 412 g/mol. The van der Waals surface area contributed by atoms with Crippen LogP contribution in [0.4, 0.5) is 0 Å². The molecule has 7 heteroatoms. The fraction of sp³-hybridized carbons (Fsp3) is 0.435. The van der Waals surface area contributed by atoms with E-state index in [0.29, 0.717) is 32.0 Å². The lowest BCUT2D eigenvalue weighted by Crippen LogP contribution is -2.27. The van der Waals surface area contributed by atoms with Gasteiger partial charge < -0.3 is 14.6 Å². The molecule has 1 N–H and O–H groups in total. The van der Waals surface area contributed by atoms with Crippen molar-refractivity contribution in [1.29, 1.82) is 5.26 Å². The van der Waals surface area contributed by atoms with E-state index in [-0.39, 0.29) is 28.8 Å². The highest BCUT2D eigenvalue weighted by molar-refractivity contribution is 6.13. The number of hydrogen-bond donors (Lipinski definition) is 1. The molecule has 1 heterocycles. The number of unbranched alkanes of at least 4 members (excludes halogenated alkanes) is 1. The number of para-hydroxylation sites is 1. The number of aromatic nitrogens is 1. The second-order valence-corrected chi connectivity index (χ2v) is 6.84. The minimum Gasteiger partial charge on any atom is -0.494 e. The Labute approximate surface area is 176 Å². The van der Waals surface area contributed by atoms with Crippen molar-refractivity contribution in [2.45, 2.75) is 46.6 Å². The first kappa shape index (κ1) is 23.2. The molecule has 7 nitrogen and oxygen atoms in total. The number of aromatic hydroxyl groups is 1. The predicted molar refractivity (Wildman–Crippen MR) is 113 cm³/mol. The second kappa shape index (κ2) is 11.2. The van der Waals surface area contributed by atoms with E-state index in [1.165, 1.54) is 6.92 Å². The number of pyridine rings is 1. The molecule has 0 aliphatic heterocycles. The van der Waals surface area contributed by atoms with Crippen LogP contribution in [0, 0.1) is 18.3 Å². The number of nitriles is 1. The fourth-order valence-corrected chi connectivity index (χ4v) is 3.14. The molecule has 1 aromatic heterocycles. The number of ether oxygens (including phenoxy) is 2. The van der Waals surface area contributed by atoms with Crippen molar-refractivity contribution >= 4 is 5.78 Å².